The summed E-state index contributed by atoms with van der Waals surface area (Å²) in [6.45, 7) is 5.33. The Morgan fingerprint density at radius 2 is 1.90 bits per heavy atom. The fourth-order valence-electron chi connectivity index (χ4n) is 1.88. The first kappa shape index (κ1) is 16.4. The third-order valence-corrected chi connectivity index (χ3v) is 4.50. The first-order valence-electron chi connectivity index (χ1n) is 5.88. The minimum atomic E-state index is -4.07. The summed E-state index contributed by atoms with van der Waals surface area (Å²) in [6.07, 6.45) is 0. The smallest absolute Gasteiger partial charge is 0.291 e. The molecule has 9 heteroatoms. The van der Waals surface area contributed by atoms with Gasteiger partial charge < -0.3 is 0 Å². The summed E-state index contributed by atoms with van der Waals surface area (Å²) in [5.41, 5.74) is -0.272. The van der Waals surface area contributed by atoms with Gasteiger partial charge in [0.15, 0.2) is 5.82 Å². The molecule has 2 rings (SSSR count). The maximum absolute atomic E-state index is 13.5. The number of nitrogens with zero attached hydrogens (tertiary/aromatic N) is 3. The molecule has 0 N–H and O–H groups in total. The van der Waals surface area contributed by atoms with Crippen LogP contribution in [0.5, 0.6) is 0 Å². The van der Waals surface area contributed by atoms with Gasteiger partial charge in [0, 0.05) is 26.3 Å². The van der Waals surface area contributed by atoms with Gasteiger partial charge in [0.1, 0.15) is 5.82 Å². The summed E-state index contributed by atoms with van der Waals surface area (Å²) in [5, 5.41) is 7.15. The Kier molecular flexibility index (Phi) is 4.16. The summed E-state index contributed by atoms with van der Waals surface area (Å²) >= 11 is 3.30. The average molecular weight is 397 g/mol. The Morgan fingerprint density at radius 3 is 2.43 bits per heavy atom. The highest BCUT2D eigenvalue weighted by atomic mass is 79.9. The molecule has 1 aromatic heterocycles. The van der Waals surface area contributed by atoms with Crippen LogP contribution in [0.25, 0.3) is 11.4 Å². The Labute approximate surface area is 134 Å². The zero-order valence-electron chi connectivity index (χ0n) is 11.4. The molecule has 0 fully saturated rings. The van der Waals surface area contributed by atoms with Crippen LogP contribution in [0.4, 0.5) is 4.39 Å². The van der Waals surface area contributed by atoms with Gasteiger partial charge in [-0.1, -0.05) is 15.9 Å². The van der Waals surface area contributed by atoms with Crippen LogP contribution >= 0.6 is 26.6 Å². The third-order valence-electron chi connectivity index (χ3n) is 2.69. The van der Waals surface area contributed by atoms with E-state index in [0.717, 1.165) is 0 Å². The van der Waals surface area contributed by atoms with Crippen molar-refractivity contribution in [2.75, 3.05) is 0 Å². The number of rotatable bonds is 2. The molecular formula is C12H12BrClFN3O2S. The van der Waals surface area contributed by atoms with Crippen LogP contribution in [0.3, 0.4) is 0 Å². The first-order chi connectivity index (χ1) is 9.51. The van der Waals surface area contributed by atoms with E-state index in [9.17, 15) is 12.8 Å². The molecule has 0 saturated carbocycles. The molecule has 0 atom stereocenters. The molecule has 0 aliphatic carbocycles. The number of hydrogen-bond donors (Lipinski definition) is 0. The summed E-state index contributed by atoms with van der Waals surface area (Å²) < 4.78 is 38.7. The van der Waals surface area contributed by atoms with E-state index in [1.165, 1.54) is 22.8 Å². The second kappa shape index (κ2) is 5.33. The zero-order chi connectivity index (χ0) is 16.0. The molecule has 0 unspecified atom stereocenters. The Morgan fingerprint density at radius 1 is 1.29 bits per heavy atom. The van der Waals surface area contributed by atoms with Crippen molar-refractivity contribution in [3.8, 4) is 11.4 Å². The van der Waals surface area contributed by atoms with Crippen molar-refractivity contribution < 1.29 is 12.8 Å². The van der Waals surface area contributed by atoms with Crippen molar-refractivity contribution >= 4 is 35.7 Å². The molecular weight excluding hydrogens is 385 g/mol. The highest BCUT2D eigenvalue weighted by molar-refractivity contribution is 9.10. The molecule has 0 aliphatic rings. The fraction of sp³-hybridized carbons (Fsp3) is 0.333. The minimum Gasteiger partial charge on any atom is -0.291 e. The van der Waals surface area contributed by atoms with Gasteiger partial charge in [0.25, 0.3) is 14.2 Å². The number of aromatic nitrogens is 3. The standard InChI is InChI=1S/C12H12BrClFN3O2S/c1-12(2,3)18-10(16-17-11(18)21(14,19)20)8-6-7(15)4-5-9(8)13/h4-6H,1-3H3. The second-order valence-corrected chi connectivity index (χ2v) is 8.69. The lowest BCUT2D eigenvalue weighted by Gasteiger charge is -2.24. The summed E-state index contributed by atoms with van der Waals surface area (Å²) in [7, 11) is 1.33. The van der Waals surface area contributed by atoms with E-state index in [1.54, 1.807) is 20.8 Å². The molecule has 114 valence electrons. The van der Waals surface area contributed by atoms with Crippen LogP contribution in [0.15, 0.2) is 27.8 Å². The SMILES string of the molecule is CC(C)(C)n1c(-c2cc(F)ccc2Br)nnc1S(=O)(=O)Cl. The first-order valence-corrected chi connectivity index (χ1v) is 8.98. The Hall–Kier alpha value is -0.990. The van der Waals surface area contributed by atoms with Crippen LogP contribution in [-0.2, 0) is 14.6 Å². The van der Waals surface area contributed by atoms with Crippen molar-refractivity contribution in [2.24, 2.45) is 0 Å². The van der Waals surface area contributed by atoms with E-state index in [2.05, 4.69) is 26.1 Å². The van der Waals surface area contributed by atoms with Crippen LogP contribution in [-0.4, -0.2) is 23.2 Å². The zero-order valence-corrected chi connectivity index (χ0v) is 14.6. The van der Waals surface area contributed by atoms with Crippen LogP contribution in [0.1, 0.15) is 20.8 Å². The predicted octanol–water partition coefficient (Wildman–Crippen LogP) is 3.53. The maximum atomic E-state index is 13.5. The van der Waals surface area contributed by atoms with Gasteiger partial charge in [-0.25, -0.2) is 12.8 Å². The molecule has 0 amide bonds. The lowest BCUT2D eigenvalue weighted by atomic mass is 10.1. The van der Waals surface area contributed by atoms with Gasteiger partial charge in [-0.05, 0) is 39.0 Å². The van der Waals surface area contributed by atoms with Gasteiger partial charge in [0.05, 0.1) is 0 Å². The number of hydrogen-bond acceptors (Lipinski definition) is 4. The lowest BCUT2D eigenvalue weighted by molar-refractivity contribution is 0.367. The van der Waals surface area contributed by atoms with E-state index >= 15 is 0 Å². The third kappa shape index (κ3) is 3.27. The van der Waals surface area contributed by atoms with Crippen molar-refractivity contribution in [3.05, 3.63) is 28.5 Å². The molecule has 21 heavy (non-hydrogen) atoms. The topological polar surface area (TPSA) is 64.8 Å². The van der Waals surface area contributed by atoms with E-state index in [-0.39, 0.29) is 11.0 Å². The Balaban J connectivity index is 2.83. The summed E-state index contributed by atoms with van der Waals surface area (Å²) in [4.78, 5) is 0. The van der Waals surface area contributed by atoms with Gasteiger partial charge in [-0.3, -0.25) is 4.57 Å². The number of halogens is 3. The summed E-state index contributed by atoms with van der Waals surface area (Å²) in [6, 6.07) is 4.05. The van der Waals surface area contributed by atoms with Gasteiger partial charge in [-0.2, -0.15) is 0 Å². The van der Waals surface area contributed by atoms with Crippen LogP contribution in [0, 0.1) is 5.82 Å². The predicted molar refractivity (Wildman–Crippen MR) is 81.2 cm³/mol. The lowest BCUT2D eigenvalue weighted by Crippen LogP contribution is -2.26. The highest BCUT2D eigenvalue weighted by Gasteiger charge is 2.30. The maximum Gasteiger partial charge on any atom is 0.296 e. The van der Waals surface area contributed by atoms with Crippen molar-refractivity contribution in [2.45, 2.75) is 31.5 Å². The average Bonchev–Trinajstić information content (AvgIpc) is 2.76. The molecule has 0 bridgehead atoms. The Bertz CT molecular complexity index is 799. The fourth-order valence-corrected chi connectivity index (χ4v) is 3.32. The molecule has 1 aromatic carbocycles. The van der Waals surface area contributed by atoms with E-state index in [4.69, 9.17) is 10.7 Å². The van der Waals surface area contributed by atoms with E-state index in [1.807, 2.05) is 0 Å². The van der Waals surface area contributed by atoms with Crippen molar-refractivity contribution in [3.63, 3.8) is 0 Å². The summed E-state index contributed by atoms with van der Waals surface area (Å²) in [5.74, 6) is -0.250. The molecule has 0 spiro atoms. The minimum absolute atomic E-state index is 0.216. The van der Waals surface area contributed by atoms with E-state index < -0.39 is 20.4 Å². The largest absolute Gasteiger partial charge is 0.296 e. The van der Waals surface area contributed by atoms with Gasteiger partial charge in [0.2, 0.25) is 0 Å². The van der Waals surface area contributed by atoms with Gasteiger partial charge >= 0.3 is 0 Å². The highest BCUT2D eigenvalue weighted by Crippen LogP contribution is 2.33. The molecule has 0 saturated heterocycles. The van der Waals surface area contributed by atoms with Crippen LogP contribution < -0.4 is 0 Å². The molecule has 5 nitrogen and oxygen atoms in total. The van der Waals surface area contributed by atoms with Gasteiger partial charge in [-0.15, -0.1) is 10.2 Å². The second-order valence-electron chi connectivity index (χ2n) is 5.37. The molecule has 0 radical (unpaired) electrons. The van der Waals surface area contributed by atoms with Crippen molar-refractivity contribution in [1.82, 2.24) is 14.8 Å². The normalized spacial score (nSPS) is 12.7. The van der Waals surface area contributed by atoms with Crippen molar-refractivity contribution in [1.29, 1.82) is 0 Å². The monoisotopic (exact) mass is 395 g/mol. The molecule has 2 aromatic rings. The quantitative estimate of drug-likeness (QED) is 0.729. The number of benzene rings is 1. The molecule has 0 aliphatic heterocycles. The molecule has 1 heterocycles. The van der Waals surface area contributed by atoms with Crippen LogP contribution in [0.2, 0.25) is 0 Å². The van der Waals surface area contributed by atoms with E-state index in [0.29, 0.717) is 10.0 Å².